The fourth-order valence-electron chi connectivity index (χ4n) is 3.03. The molecule has 1 aromatic rings. The van der Waals surface area contributed by atoms with Crippen LogP contribution in [0, 0.1) is 0 Å². The van der Waals surface area contributed by atoms with Crippen LogP contribution in [0.3, 0.4) is 0 Å². The van der Waals surface area contributed by atoms with Gasteiger partial charge in [0.15, 0.2) is 0 Å². The van der Waals surface area contributed by atoms with Crippen LogP contribution in [0.25, 0.3) is 0 Å². The van der Waals surface area contributed by atoms with Crippen LogP contribution in [-0.4, -0.2) is 33.8 Å². The zero-order valence-corrected chi connectivity index (χ0v) is 12.2. The zero-order valence-electron chi connectivity index (χ0n) is 12.2. The van der Waals surface area contributed by atoms with Crippen molar-refractivity contribution in [1.82, 2.24) is 14.7 Å². The minimum Gasteiger partial charge on any atom is -0.330 e. The van der Waals surface area contributed by atoms with Crippen LogP contribution < -0.4 is 5.73 Å². The van der Waals surface area contributed by atoms with E-state index in [0.717, 1.165) is 38.6 Å². The normalized spacial score (nSPS) is 17.2. The zero-order chi connectivity index (χ0) is 13.5. The molecule has 19 heavy (non-hydrogen) atoms. The third-order valence-electron chi connectivity index (χ3n) is 4.14. The summed E-state index contributed by atoms with van der Waals surface area (Å²) in [7, 11) is 0. The first-order chi connectivity index (χ1) is 9.33. The molecule has 2 N–H and O–H groups in total. The minimum atomic E-state index is 0.755. The third kappa shape index (κ3) is 4.32. The highest BCUT2D eigenvalue weighted by Gasteiger charge is 2.21. The molecule has 0 aromatic carbocycles. The van der Waals surface area contributed by atoms with Crippen LogP contribution in [0.5, 0.6) is 0 Å². The highest BCUT2D eigenvalue weighted by molar-refractivity contribution is 5.04. The number of rotatable bonds is 7. The van der Waals surface area contributed by atoms with Crippen LogP contribution in [0.2, 0.25) is 0 Å². The summed E-state index contributed by atoms with van der Waals surface area (Å²) >= 11 is 0. The standard InChI is InChI=1S/C15H28N4/c1-2-19-13-14(11-17-19)12-18(10-6-9-16)15-7-4-3-5-8-15/h11,13,15H,2-10,12,16H2,1H3. The molecule has 1 aliphatic rings. The molecule has 0 amide bonds. The molecule has 4 nitrogen and oxygen atoms in total. The molecule has 0 bridgehead atoms. The topological polar surface area (TPSA) is 47.1 Å². The van der Waals surface area contributed by atoms with Crippen LogP contribution in [0.4, 0.5) is 0 Å². The van der Waals surface area contributed by atoms with Gasteiger partial charge in [-0.15, -0.1) is 0 Å². The Hall–Kier alpha value is -0.870. The number of nitrogens with two attached hydrogens (primary N) is 1. The van der Waals surface area contributed by atoms with Gasteiger partial charge in [-0.3, -0.25) is 9.58 Å². The van der Waals surface area contributed by atoms with Gasteiger partial charge in [-0.1, -0.05) is 19.3 Å². The SMILES string of the molecule is CCn1cc(CN(CCCN)C2CCCCC2)cn1. The van der Waals surface area contributed by atoms with E-state index < -0.39 is 0 Å². The van der Waals surface area contributed by atoms with Crippen LogP contribution in [0.1, 0.15) is 51.0 Å². The summed E-state index contributed by atoms with van der Waals surface area (Å²) in [6.07, 6.45) is 12.2. The molecule has 0 saturated heterocycles. The van der Waals surface area contributed by atoms with Crippen molar-refractivity contribution in [3.63, 3.8) is 0 Å². The van der Waals surface area contributed by atoms with Crippen molar-refractivity contribution in [1.29, 1.82) is 0 Å². The Bertz CT molecular complexity index is 355. The van der Waals surface area contributed by atoms with E-state index >= 15 is 0 Å². The van der Waals surface area contributed by atoms with E-state index in [0.29, 0.717) is 0 Å². The average molecular weight is 264 g/mol. The first-order valence-corrected chi connectivity index (χ1v) is 7.79. The Balaban J connectivity index is 1.95. The molecule has 0 unspecified atom stereocenters. The lowest BCUT2D eigenvalue weighted by Crippen LogP contribution is -2.37. The van der Waals surface area contributed by atoms with Crippen molar-refractivity contribution in [3.05, 3.63) is 18.0 Å². The maximum absolute atomic E-state index is 5.68. The lowest BCUT2D eigenvalue weighted by atomic mass is 9.94. The molecule has 1 fully saturated rings. The number of hydrogen-bond acceptors (Lipinski definition) is 3. The number of nitrogens with zero attached hydrogens (tertiary/aromatic N) is 3. The van der Waals surface area contributed by atoms with Gasteiger partial charge in [0.2, 0.25) is 0 Å². The summed E-state index contributed by atoms with van der Waals surface area (Å²) in [6, 6.07) is 0.755. The smallest absolute Gasteiger partial charge is 0.0534 e. The Kier molecular flexibility index (Phi) is 5.86. The first-order valence-electron chi connectivity index (χ1n) is 7.79. The highest BCUT2D eigenvalue weighted by Crippen LogP contribution is 2.24. The second kappa shape index (κ2) is 7.65. The molecule has 0 aliphatic heterocycles. The molecule has 0 spiro atoms. The predicted octanol–water partition coefficient (Wildman–Crippen LogP) is 2.39. The molecule has 108 valence electrons. The largest absolute Gasteiger partial charge is 0.330 e. The van der Waals surface area contributed by atoms with E-state index in [1.165, 1.54) is 37.7 Å². The van der Waals surface area contributed by atoms with Crippen molar-refractivity contribution in [2.75, 3.05) is 13.1 Å². The second-order valence-corrected chi connectivity index (χ2v) is 5.61. The van der Waals surface area contributed by atoms with E-state index in [1.54, 1.807) is 0 Å². The van der Waals surface area contributed by atoms with Gasteiger partial charge in [0.25, 0.3) is 0 Å². The fraction of sp³-hybridized carbons (Fsp3) is 0.800. The lowest BCUT2D eigenvalue weighted by Gasteiger charge is -2.34. The van der Waals surface area contributed by atoms with Crippen molar-refractivity contribution >= 4 is 0 Å². The van der Waals surface area contributed by atoms with Crippen LogP contribution in [-0.2, 0) is 13.1 Å². The van der Waals surface area contributed by atoms with Gasteiger partial charge in [0, 0.05) is 30.9 Å². The Morgan fingerprint density at radius 2 is 2.16 bits per heavy atom. The summed E-state index contributed by atoms with van der Waals surface area (Å²) in [5.41, 5.74) is 7.02. The van der Waals surface area contributed by atoms with Gasteiger partial charge >= 0.3 is 0 Å². The molecule has 1 heterocycles. The van der Waals surface area contributed by atoms with Gasteiger partial charge in [0.1, 0.15) is 0 Å². The molecule has 1 aliphatic carbocycles. The summed E-state index contributed by atoms with van der Waals surface area (Å²) in [6.45, 7) is 6.02. The molecule has 1 aromatic heterocycles. The van der Waals surface area contributed by atoms with Gasteiger partial charge < -0.3 is 5.73 Å². The van der Waals surface area contributed by atoms with Gasteiger partial charge in [-0.25, -0.2) is 0 Å². The molecule has 1 saturated carbocycles. The molecule has 2 rings (SSSR count). The second-order valence-electron chi connectivity index (χ2n) is 5.61. The Morgan fingerprint density at radius 1 is 1.37 bits per heavy atom. The van der Waals surface area contributed by atoms with Gasteiger partial charge in [-0.2, -0.15) is 5.10 Å². The molecule has 0 atom stereocenters. The maximum atomic E-state index is 5.68. The van der Waals surface area contributed by atoms with Gasteiger partial charge in [-0.05, 0) is 39.3 Å². The predicted molar refractivity (Wildman–Crippen MR) is 78.9 cm³/mol. The average Bonchev–Trinajstić information content (AvgIpc) is 2.92. The molecular weight excluding hydrogens is 236 g/mol. The van der Waals surface area contributed by atoms with Crippen molar-refractivity contribution < 1.29 is 0 Å². The highest BCUT2D eigenvalue weighted by atomic mass is 15.3. The molecule has 4 heteroatoms. The van der Waals surface area contributed by atoms with E-state index in [9.17, 15) is 0 Å². The van der Waals surface area contributed by atoms with E-state index in [4.69, 9.17) is 5.73 Å². The summed E-state index contributed by atoms with van der Waals surface area (Å²) in [5, 5.41) is 4.38. The van der Waals surface area contributed by atoms with E-state index in [-0.39, 0.29) is 0 Å². The molecular formula is C15H28N4. The summed E-state index contributed by atoms with van der Waals surface area (Å²) in [4.78, 5) is 2.63. The van der Waals surface area contributed by atoms with Crippen molar-refractivity contribution in [2.24, 2.45) is 5.73 Å². The number of hydrogen-bond donors (Lipinski definition) is 1. The Labute approximate surface area is 117 Å². The monoisotopic (exact) mass is 264 g/mol. The third-order valence-corrected chi connectivity index (χ3v) is 4.14. The summed E-state index contributed by atoms with van der Waals surface area (Å²) in [5.74, 6) is 0. The number of aromatic nitrogens is 2. The summed E-state index contributed by atoms with van der Waals surface area (Å²) < 4.78 is 2.01. The first kappa shape index (κ1) is 14.5. The van der Waals surface area contributed by atoms with Crippen LogP contribution in [0.15, 0.2) is 12.4 Å². The minimum absolute atomic E-state index is 0.755. The quantitative estimate of drug-likeness (QED) is 0.822. The van der Waals surface area contributed by atoms with Crippen molar-refractivity contribution in [2.45, 2.75) is 64.6 Å². The lowest BCUT2D eigenvalue weighted by molar-refractivity contribution is 0.147. The Morgan fingerprint density at radius 3 is 2.79 bits per heavy atom. The number of aryl methyl sites for hydroxylation is 1. The molecule has 0 radical (unpaired) electrons. The van der Waals surface area contributed by atoms with Crippen molar-refractivity contribution in [3.8, 4) is 0 Å². The fourth-order valence-corrected chi connectivity index (χ4v) is 3.03. The maximum Gasteiger partial charge on any atom is 0.0534 e. The van der Waals surface area contributed by atoms with Gasteiger partial charge in [0.05, 0.1) is 6.20 Å². The van der Waals surface area contributed by atoms with Crippen LogP contribution >= 0.6 is 0 Å². The van der Waals surface area contributed by atoms with E-state index in [1.807, 2.05) is 10.9 Å². The van der Waals surface area contributed by atoms with E-state index in [2.05, 4.69) is 23.1 Å².